The van der Waals surface area contributed by atoms with Gasteiger partial charge in [0.15, 0.2) is 5.92 Å². The van der Waals surface area contributed by atoms with Gasteiger partial charge >= 0.3 is 11.9 Å². The van der Waals surface area contributed by atoms with Gasteiger partial charge in [-0.1, -0.05) is 0 Å². The number of carbonyl (C=O) groups is 3. The predicted octanol–water partition coefficient (Wildman–Crippen LogP) is -0.527. The summed E-state index contributed by atoms with van der Waals surface area (Å²) in [6.45, 7) is 2.82. The van der Waals surface area contributed by atoms with Crippen LogP contribution in [-0.4, -0.2) is 38.1 Å². The molecule has 0 saturated heterocycles. The third kappa shape index (κ3) is 3.97. The van der Waals surface area contributed by atoms with Gasteiger partial charge in [0.05, 0.1) is 20.3 Å². The maximum absolute atomic E-state index is 11.3. The summed E-state index contributed by atoms with van der Waals surface area (Å²) in [4.78, 5) is 33.3. The lowest BCUT2D eigenvalue weighted by Crippen LogP contribution is -2.45. The first kappa shape index (κ1) is 13.4. The van der Waals surface area contributed by atoms with Gasteiger partial charge in [0.25, 0.3) is 0 Å². The topological polar surface area (TPSA) is 81.7 Å². The van der Waals surface area contributed by atoms with Crippen molar-refractivity contribution in [2.45, 2.75) is 19.9 Å². The summed E-state index contributed by atoms with van der Waals surface area (Å²) in [6, 6.07) is -0.664. The lowest BCUT2D eigenvalue weighted by Gasteiger charge is -2.19. The smallest absolute Gasteiger partial charge is 0.322 e. The molecule has 0 heterocycles. The number of amides is 1. The molecule has 0 spiro atoms. The lowest BCUT2D eigenvalue weighted by molar-refractivity contribution is -0.160. The minimum atomic E-state index is -1.14. The fourth-order valence-electron chi connectivity index (χ4n) is 1.16. The molecule has 15 heavy (non-hydrogen) atoms. The Bertz CT molecular complexity index is 247. The minimum Gasteiger partial charge on any atom is -0.468 e. The summed E-state index contributed by atoms with van der Waals surface area (Å²) in [5.74, 6) is -2.93. The van der Waals surface area contributed by atoms with E-state index in [1.807, 2.05) is 0 Å². The zero-order chi connectivity index (χ0) is 12.0. The van der Waals surface area contributed by atoms with E-state index < -0.39 is 23.9 Å². The van der Waals surface area contributed by atoms with E-state index in [-0.39, 0.29) is 5.91 Å². The first-order valence-corrected chi connectivity index (χ1v) is 4.36. The highest BCUT2D eigenvalue weighted by atomic mass is 16.5. The molecule has 0 aromatic carbocycles. The molecule has 86 valence electrons. The van der Waals surface area contributed by atoms with E-state index in [1.54, 1.807) is 0 Å². The molecule has 0 fully saturated rings. The molecule has 0 bridgehead atoms. The minimum absolute atomic E-state index is 0.333. The van der Waals surface area contributed by atoms with E-state index in [2.05, 4.69) is 14.8 Å². The number of rotatable bonds is 4. The second kappa shape index (κ2) is 6.00. The Kier molecular flexibility index (Phi) is 5.36. The van der Waals surface area contributed by atoms with Crippen LogP contribution in [0.4, 0.5) is 0 Å². The van der Waals surface area contributed by atoms with E-state index in [0.717, 1.165) is 0 Å². The van der Waals surface area contributed by atoms with Crippen molar-refractivity contribution < 1.29 is 23.9 Å². The van der Waals surface area contributed by atoms with Crippen LogP contribution in [0.25, 0.3) is 0 Å². The van der Waals surface area contributed by atoms with Gasteiger partial charge in [-0.25, -0.2) is 0 Å². The number of ether oxygens (including phenoxy) is 2. The standard InChI is InChI=1S/C9H15NO5/c1-5(10-6(2)11)7(8(12)14-3)9(13)15-4/h5,7H,1-4H3,(H,10,11). The van der Waals surface area contributed by atoms with E-state index in [9.17, 15) is 14.4 Å². The number of nitrogens with one attached hydrogen (secondary N) is 1. The normalized spacial score (nSPS) is 11.8. The molecule has 6 heteroatoms. The van der Waals surface area contributed by atoms with Crippen LogP contribution in [0.5, 0.6) is 0 Å². The summed E-state index contributed by atoms with van der Waals surface area (Å²) in [6.07, 6.45) is 0. The second-order valence-electron chi connectivity index (χ2n) is 3.01. The first-order valence-electron chi connectivity index (χ1n) is 4.36. The molecular weight excluding hydrogens is 202 g/mol. The van der Waals surface area contributed by atoms with Crippen LogP contribution in [0.15, 0.2) is 0 Å². The van der Waals surface area contributed by atoms with Crippen molar-refractivity contribution in [2.24, 2.45) is 5.92 Å². The summed E-state index contributed by atoms with van der Waals surface area (Å²) < 4.78 is 8.89. The Morgan fingerprint density at radius 3 is 1.73 bits per heavy atom. The van der Waals surface area contributed by atoms with Crippen molar-refractivity contribution in [3.8, 4) is 0 Å². The highest BCUT2D eigenvalue weighted by molar-refractivity contribution is 5.96. The molecule has 1 amide bonds. The second-order valence-corrected chi connectivity index (χ2v) is 3.01. The fourth-order valence-corrected chi connectivity index (χ4v) is 1.16. The number of hydrogen-bond acceptors (Lipinski definition) is 5. The van der Waals surface area contributed by atoms with Gasteiger partial charge in [0.2, 0.25) is 5.91 Å². The molecule has 1 atom stereocenters. The average Bonchev–Trinajstić information content (AvgIpc) is 2.16. The quantitative estimate of drug-likeness (QED) is 0.506. The van der Waals surface area contributed by atoms with Crippen molar-refractivity contribution in [2.75, 3.05) is 14.2 Å². The number of hydrogen-bond donors (Lipinski definition) is 1. The fraction of sp³-hybridized carbons (Fsp3) is 0.667. The number of esters is 2. The van der Waals surface area contributed by atoms with Crippen LogP contribution in [0, 0.1) is 5.92 Å². The Morgan fingerprint density at radius 2 is 1.47 bits per heavy atom. The molecule has 0 aliphatic carbocycles. The molecule has 0 aromatic heterocycles. The zero-order valence-corrected chi connectivity index (χ0v) is 9.20. The van der Waals surface area contributed by atoms with E-state index in [0.29, 0.717) is 0 Å². The van der Waals surface area contributed by atoms with Crippen molar-refractivity contribution in [1.29, 1.82) is 0 Å². The van der Waals surface area contributed by atoms with Gasteiger partial charge in [-0.05, 0) is 6.92 Å². The van der Waals surface area contributed by atoms with Crippen LogP contribution in [0.3, 0.4) is 0 Å². The van der Waals surface area contributed by atoms with E-state index in [1.165, 1.54) is 28.1 Å². The third-order valence-corrected chi connectivity index (χ3v) is 1.84. The van der Waals surface area contributed by atoms with Gasteiger partial charge < -0.3 is 14.8 Å². The number of carbonyl (C=O) groups excluding carboxylic acids is 3. The summed E-state index contributed by atoms with van der Waals surface area (Å²) in [5, 5.41) is 2.43. The summed E-state index contributed by atoms with van der Waals surface area (Å²) >= 11 is 0. The Morgan fingerprint density at radius 1 is 1.07 bits per heavy atom. The molecule has 0 rings (SSSR count). The Labute approximate surface area is 87.9 Å². The molecule has 0 aliphatic rings. The monoisotopic (exact) mass is 217 g/mol. The van der Waals surface area contributed by atoms with Crippen molar-refractivity contribution in [3.05, 3.63) is 0 Å². The Balaban J connectivity index is 4.69. The average molecular weight is 217 g/mol. The molecular formula is C9H15NO5. The van der Waals surface area contributed by atoms with Crippen molar-refractivity contribution >= 4 is 17.8 Å². The molecule has 6 nitrogen and oxygen atoms in total. The lowest BCUT2D eigenvalue weighted by atomic mass is 10.0. The summed E-state index contributed by atoms with van der Waals surface area (Å²) in [7, 11) is 2.33. The molecule has 0 aliphatic heterocycles. The van der Waals surface area contributed by atoms with Crippen molar-refractivity contribution in [3.63, 3.8) is 0 Å². The van der Waals surface area contributed by atoms with Crippen LogP contribution in [0.1, 0.15) is 13.8 Å². The highest BCUT2D eigenvalue weighted by Crippen LogP contribution is 2.08. The molecule has 1 N–H and O–H groups in total. The largest absolute Gasteiger partial charge is 0.468 e. The molecule has 1 unspecified atom stereocenters. The SMILES string of the molecule is COC(=O)C(C(=O)OC)C(C)NC(C)=O. The van der Waals surface area contributed by atoms with Crippen LogP contribution in [0.2, 0.25) is 0 Å². The third-order valence-electron chi connectivity index (χ3n) is 1.84. The van der Waals surface area contributed by atoms with Crippen LogP contribution >= 0.6 is 0 Å². The maximum Gasteiger partial charge on any atom is 0.322 e. The van der Waals surface area contributed by atoms with Gasteiger partial charge in [-0.2, -0.15) is 0 Å². The number of methoxy groups -OCH3 is 2. The molecule has 0 radical (unpaired) electrons. The van der Waals surface area contributed by atoms with Crippen LogP contribution in [-0.2, 0) is 23.9 Å². The zero-order valence-electron chi connectivity index (χ0n) is 9.20. The first-order chi connectivity index (χ1) is 6.93. The summed E-state index contributed by atoms with van der Waals surface area (Å²) in [5.41, 5.74) is 0. The maximum atomic E-state index is 11.3. The molecule has 0 aromatic rings. The predicted molar refractivity (Wildman–Crippen MR) is 50.8 cm³/mol. The van der Waals surface area contributed by atoms with Gasteiger partial charge in [0.1, 0.15) is 0 Å². The Hall–Kier alpha value is -1.59. The van der Waals surface area contributed by atoms with Crippen molar-refractivity contribution in [1.82, 2.24) is 5.32 Å². The van der Waals surface area contributed by atoms with E-state index in [4.69, 9.17) is 0 Å². The van der Waals surface area contributed by atoms with Gasteiger partial charge in [-0.15, -0.1) is 0 Å². The van der Waals surface area contributed by atoms with Gasteiger partial charge in [0, 0.05) is 6.92 Å². The van der Waals surface area contributed by atoms with Crippen LogP contribution < -0.4 is 5.32 Å². The van der Waals surface area contributed by atoms with Gasteiger partial charge in [-0.3, -0.25) is 14.4 Å². The molecule has 0 saturated carbocycles. The highest BCUT2D eigenvalue weighted by Gasteiger charge is 2.34. The van der Waals surface area contributed by atoms with E-state index >= 15 is 0 Å².